The Labute approximate surface area is 184 Å². The average Bonchev–Trinajstić information content (AvgIpc) is 2.78. The second kappa shape index (κ2) is 10.2. The minimum absolute atomic E-state index is 0. The van der Waals surface area contributed by atoms with Crippen molar-refractivity contribution in [2.24, 2.45) is 0 Å². The number of hydrogen-bond acceptors (Lipinski definition) is 5. The number of aromatic nitrogens is 1. The predicted octanol–water partition coefficient (Wildman–Crippen LogP) is 3.88. The molecule has 2 aromatic carbocycles. The third-order valence-corrected chi connectivity index (χ3v) is 5.83. The van der Waals surface area contributed by atoms with Crippen LogP contribution in [0.4, 0.5) is 5.82 Å². The number of halogens is 1. The minimum Gasteiger partial charge on any atom is -0.396 e. The van der Waals surface area contributed by atoms with Crippen molar-refractivity contribution in [3.8, 4) is 11.3 Å². The SMILES string of the molecule is CCN1CCN(c2nc(-c3ccc(C(O)CCO)cc3)cc3ccccc23)CC1.Cl. The Morgan fingerprint density at radius 3 is 2.37 bits per heavy atom. The molecule has 2 N–H and O–H groups in total. The molecule has 0 amide bonds. The molecule has 1 fully saturated rings. The first-order valence-corrected chi connectivity index (χ1v) is 10.5. The fraction of sp³-hybridized carbons (Fsp3) is 0.375. The number of fused-ring (bicyclic) bond motifs is 1. The Kier molecular flexibility index (Phi) is 7.67. The molecule has 1 aromatic heterocycles. The van der Waals surface area contributed by atoms with Gasteiger partial charge < -0.3 is 20.0 Å². The number of anilines is 1. The van der Waals surface area contributed by atoms with Crippen LogP contribution in [0.15, 0.2) is 54.6 Å². The van der Waals surface area contributed by atoms with Crippen LogP contribution in [0, 0.1) is 0 Å². The van der Waals surface area contributed by atoms with E-state index in [-0.39, 0.29) is 19.0 Å². The van der Waals surface area contributed by atoms with Crippen LogP contribution in [0.2, 0.25) is 0 Å². The summed E-state index contributed by atoms with van der Waals surface area (Å²) in [6.07, 6.45) is -0.286. The van der Waals surface area contributed by atoms with E-state index < -0.39 is 6.10 Å². The molecule has 3 aromatic rings. The molecule has 1 saturated heterocycles. The number of rotatable bonds is 6. The highest BCUT2D eigenvalue weighted by Crippen LogP contribution is 2.31. The van der Waals surface area contributed by atoms with Gasteiger partial charge >= 0.3 is 0 Å². The molecule has 160 valence electrons. The van der Waals surface area contributed by atoms with Crippen molar-refractivity contribution in [1.29, 1.82) is 0 Å². The molecule has 4 rings (SSSR count). The first-order chi connectivity index (χ1) is 14.2. The van der Waals surface area contributed by atoms with Gasteiger partial charge in [0.25, 0.3) is 0 Å². The van der Waals surface area contributed by atoms with Crippen LogP contribution in [-0.4, -0.2) is 59.4 Å². The smallest absolute Gasteiger partial charge is 0.137 e. The lowest BCUT2D eigenvalue weighted by molar-refractivity contribution is 0.134. The maximum Gasteiger partial charge on any atom is 0.137 e. The molecular weight excluding hydrogens is 398 g/mol. The number of aliphatic hydroxyl groups is 2. The first kappa shape index (κ1) is 22.5. The fourth-order valence-electron chi connectivity index (χ4n) is 4.01. The summed E-state index contributed by atoms with van der Waals surface area (Å²) in [4.78, 5) is 9.93. The summed E-state index contributed by atoms with van der Waals surface area (Å²) in [7, 11) is 0. The van der Waals surface area contributed by atoms with Crippen LogP contribution in [0.5, 0.6) is 0 Å². The number of pyridine rings is 1. The van der Waals surface area contributed by atoms with E-state index >= 15 is 0 Å². The van der Waals surface area contributed by atoms with Crippen LogP contribution in [0.3, 0.4) is 0 Å². The van der Waals surface area contributed by atoms with Gasteiger partial charge in [-0.15, -0.1) is 12.4 Å². The van der Waals surface area contributed by atoms with Crippen molar-refractivity contribution < 1.29 is 10.2 Å². The number of hydrogen-bond donors (Lipinski definition) is 2. The molecule has 6 heteroatoms. The van der Waals surface area contributed by atoms with Crippen molar-refractivity contribution in [3.05, 3.63) is 60.2 Å². The first-order valence-electron chi connectivity index (χ1n) is 10.5. The highest BCUT2D eigenvalue weighted by Gasteiger charge is 2.20. The largest absolute Gasteiger partial charge is 0.396 e. The Hall–Kier alpha value is -2.18. The number of aliphatic hydroxyl groups excluding tert-OH is 2. The van der Waals surface area contributed by atoms with Gasteiger partial charge in [-0.25, -0.2) is 4.98 Å². The minimum atomic E-state index is -0.635. The van der Waals surface area contributed by atoms with Crippen molar-refractivity contribution >= 4 is 29.0 Å². The van der Waals surface area contributed by atoms with E-state index in [2.05, 4.69) is 47.1 Å². The lowest BCUT2D eigenvalue weighted by atomic mass is 10.0. The molecule has 1 aliphatic heterocycles. The summed E-state index contributed by atoms with van der Waals surface area (Å²) in [5, 5.41) is 21.5. The molecule has 1 atom stereocenters. The van der Waals surface area contributed by atoms with Gasteiger partial charge in [-0.3, -0.25) is 0 Å². The normalized spacial score (nSPS) is 15.8. The zero-order chi connectivity index (χ0) is 20.2. The Morgan fingerprint density at radius 1 is 1.00 bits per heavy atom. The maximum absolute atomic E-state index is 10.1. The summed E-state index contributed by atoms with van der Waals surface area (Å²) in [6.45, 7) is 7.38. The standard InChI is InChI=1S/C24H29N3O2.ClH/c1-2-26-12-14-27(15-13-26)24-21-6-4-3-5-20(21)17-22(25-24)18-7-9-19(10-8-18)23(29)11-16-28;/h3-10,17,23,28-29H,2,11-16H2,1H3;1H. The van der Waals surface area contributed by atoms with Gasteiger partial charge in [0.15, 0.2) is 0 Å². The van der Waals surface area contributed by atoms with Crippen molar-refractivity contribution in [2.45, 2.75) is 19.4 Å². The van der Waals surface area contributed by atoms with E-state index in [1.54, 1.807) is 0 Å². The van der Waals surface area contributed by atoms with Gasteiger partial charge in [-0.2, -0.15) is 0 Å². The van der Waals surface area contributed by atoms with E-state index in [1.807, 2.05) is 24.3 Å². The third-order valence-electron chi connectivity index (χ3n) is 5.83. The predicted molar refractivity (Wildman–Crippen MR) is 125 cm³/mol. The highest BCUT2D eigenvalue weighted by molar-refractivity contribution is 5.95. The van der Waals surface area contributed by atoms with Crippen molar-refractivity contribution in [1.82, 2.24) is 9.88 Å². The van der Waals surface area contributed by atoms with Gasteiger partial charge in [-0.05, 0) is 23.6 Å². The van der Waals surface area contributed by atoms with Gasteiger partial charge in [0.05, 0.1) is 11.8 Å². The Balaban J connectivity index is 0.00000256. The summed E-state index contributed by atoms with van der Waals surface area (Å²) >= 11 is 0. The van der Waals surface area contributed by atoms with Gasteiger partial charge in [0.1, 0.15) is 5.82 Å². The van der Waals surface area contributed by atoms with E-state index in [0.29, 0.717) is 6.42 Å². The second-order valence-electron chi connectivity index (χ2n) is 7.62. The van der Waals surface area contributed by atoms with E-state index in [4.69, 9.17) is 10.1 Å². The molecule has 5 nitrogen and oxygen atoms in total. The fourth-order valence-corrected chi connectivity index (χ4v) is 4.01. The molecule has 0 radical (unpaired) electrons. The van der Waals surface area contributed by atoms with Crippen molar-refractivity contribution in [2.75, 3.05) is 44.2 Å². The molecule has 0 bridgehead atoms. The van der Waals surface area contributed by atoms with Crippen molar-refractivity contribution in [3.63, 3.8) is 0 Å². The Morgan fingerprint density at radius 2 is 1.70 bits per heavy atom. The monoisotopic (exact) mass is 427 g/mol. The van der Waals surface area contributed by atoms with Crippen LogP contribution in [-0.2, 0) is 0 Å². The van der Waals surface area contributed by atoms with E-state index in [9.17, 15) is 5.11 Å². The molecule has 1 aliphatic rings. The lowest BCUT2D eigenvalue weighted by Gasteiger charge is -2.35. The van der Waals surface area contributed by atoms with Crippen LogP contribution in [0.25, 0.3) is 22.0 Å². The quantitative estimate of drug-likeness (QED) is 0.625. The average molecular weight is 428 g/mol. The molecule has 0 aliphatic carbocycles. The highest BCUT2D eigenvalue weighted by atomic mass is 35.5. The van der Waals surface area contributed by atoms with E-state index in [0.717, 1.165) is 55.4 Å². The van der Waals surface area contributed by atoms with Crippen LogP contribution < -0.4 is 4.90 Å². The Bertz CT molecular complexity index is 956. The zero-order valence-electron chi connectivity index (χ0n) is 17.4. The van der Waals surface area contributed by atoms with Crippen LogP contribution in [0.1, 0.15) is 25.0 Å². The van der Waals surface area contributed by atoms with E-state index in [1.165, 1.54) is 10.8 Å². The van der Waals surface area contributed by atoms with Gasteiger partial charge in [-0.1, -0.05) is 55.5 Å². The lowest BCUT2D eigenvalue weighted by Crippen LogP contribution is -2.46. The molecule has 1 unspecified atom stereocenters. The second-order valence-corrected chi connectivity index (χ2v) is 7.62. The molecule has 30 heavy (non-hydrogen) atoms. The summed E-state index contributed by atoms with van der Waals surface area (Å²) < 4.78 is 0. The summed E-state index contributed by atoms with van der Waals surface area (Å²) in [5.74, 6) is 1.05. The molecular formula is C24H30ClN3O2. The third kappa shape index (κ3) is 4.76. The van der Waals surface area contributed by atoms with Crippen LogP contribution >= 0.6 is 12.4 Å². The number of piperazine rings is 1. The number of nitrogens with zero attached hydrogens (tertiary/aromatic N) is 3. The molecule has 0 spiro atoms. The summed E-state index contributed by atoms with van der Waals surface area (Å²) in [6, 6.07) is 18.4. The van der Waals surface area contributed by atoms with Gasteiger partial charge in [0.2, 0.25) is 0 Å². The number of benzene rings is 2. The topological polar surface area (TPSA) is 59.8 Å². The number of likely N-dealkylation sites (N-methyl/N-ethyl adjacent to an activating group) is 1. The molecule has 2 heterocycles. The zero-order valence-corrected chi connectivity index (χ0v) is 18.2. The summed E-state index contributed by atoms with van der Waals surface area (Å²) in [5.41, 5.74) is 2.79. The molecule has 0 saturated carbocycles. The van der Waals surface area contributed by atoms with Gasteiger partial charge in [0, 0.05) is 50.2 Å². The maximum atomic E-state index is 10.1.